The molecule has 11 heavy (non-hydrogen) atoms. The smallest absolute Gasteiger partial charge is 0.115 e. The highest BCUT2D eigenvalue weighted by atomic mass is 19.1. The van der Waals surface area contributed by atoms with Crippen LogP contribution in [0, 0.1) is 5.92 Å². The maximum Gasteiger partial charge on any atom is 0.115 e. The van der Waals surface area contributed by atoms with Gasteiger partial charge >= 0.3 is 0 Å². The van der Waals surface area contributed by atoms with Crippen molar-refractivity contribution in [2.45, 2.75) is 25.4 Å². The maximum atomic E-state index is 11.9. The Morgan fingerprint density at radius 2 is 2.45 bits per heavy atom. The summed E-state index contributed by atoms with van der Waals surface area (Å²) in [6.45, 7) is 1.41. The van der Waals surface area contributed by atoms with E-state index in [1.807, 2.05) is 0 Å². The standard InChI is InChI=1S/C8H16FNO/c9-5-8(11)4-7-2-1-3-10-6-7/h7-8,10-11H,1-6H2. The second-order valence-corrected chi connectivity index (χ2v) is 3.26. The van der Waals surface area contributed by atoms with Gasteiger partial charge in [0.05, 0.1) is 6.10 Å². The third-order valence-electron chi connectivity index (χ3n) is 2.18. The molecule has 0 aromatic carbocycles. The van der Waals surface area contributed by atoms with Gasteiger partial charge in [-0.05, 0) is 38.3 Å². The number of halogens is 1. The van der Waals surface area contributed by atoms with Crippen LogP contribution in [0.15, 0.2) is 0 Å². The van der Waals surface area contributed by atoms with Gasteiger partial charge in [-0.1, -0.05) is 0 Å². The molecule has 66 valence electrons. The minimum Gasteiger partial charge on any atom is -0.390 e. The summed E-state index contributed by atoms with van der Waals surface area (Å²) in [5.74, 6) is 0.481. The predicted molar refractivity (Wildman–Crippen MR) is 42.2 cm³/mol. The van der Waals surface area contributed by atoms with Gasteiger partial charge in [-0.3, -0.25) is 0 Å². The Bertz CT molecular complexity index is 104. The predicted octanol–water partition coefficient (Wildman–Crippen LogP) is 0.706. The highest BCUT2D eigenvalue weighted by Crippen LogP contribution is 2.15. The van der Waals surface area contributed by atoms with Gasteiger partial charge in [0.1, 0.15) is 6.67 Å². The summed E-state index contributed by atoms with van der Waals surface area (Å²) >= 11 is 0. The van der Waals surface area contributed by atoms with E-state index in [2.05, 4.69) is 5.32 Å². The lowest BCUT2D eigenvalue weighted by Crippen LogP contribution is -2.32. The number of hydrogen-bond donors (Lipinski definition) is 2. The van der Waals surface area contributed by atoms with Crippen molar-refractivity contribution in [2.24, 2.45) is 5.92 Å². The van der Waals surface area contributed by atoms with Crippen molar-refractivity contribution < 1.29 is 9.50 Å². The van der Waals surface area contributed by atoms with E-state index < -0.39 is 12.8 Å². The number of rotatable bonds is 3. The number of nitrogens with one attached hydrogen (secondary N) is 1. The van der Waals surface area contributed by atoms with Crippen molar-refractivity contribution >= 4 is 0 Å². The van der Waals surface area contributed by atoms with E-state index >= 15 is 0 Å². The number of piperidine rings is 1. The van der Waals surface area contributed by atoms with Crippen LogP contribution in [0.25, 0.3) is 0 Å². The Hall–Kier alpha value is -0.150. The molecule has 1 aliphatic heterocycles. The van der Waals surface area contributed by atoms with Gasteiger partial charge in [-0.25, -0.2) is 4.39 Å². The van der Waals surface area contributed by atoms with Gasteiger partial charge in [0, 0.05) is 0 Å². The second-order valence-electron chi connectivity index (χ2n) is 3.26. The molecule has 1 heterocycles. The molecule has 2 unspecified atom stereocenters. The number of hydrogen-bond acceptors (Lipinski definition) is 2. The van der Waals surface area contributed by atoms with Crippen LogP contribution in [0.4, 0.5) is 4.39 Å². The third kappa shape index (κ3) is 3.16. The quantitative estimate of drug-likeness (QED) is 0.639. The number of aliphatic hydroxyl groups excluding tert-OH is 1. The molecule has 2 nitrogen and oxygen atoms in total. The molecule has 0 bridgehead atoms. The zero-order valence-electron chi connectivity index (χ0n) is 6.72. The minimum absolute atomic E-state index is 0.481. The zero-order valence-corrected chi connectivity index (χ0v) is 6.72. The summed E-state index contributed by atoms with van der Waals surface area (Å²) in [5.41, 5.74) is 0. The molecule has 1 fully saturated rings. The Balaban J connectivity index is 2.13. The monoisotopic (exact) mass is 161 g/mol. The van der Waals surface area contributed by atoms with Crippen LogP contribution in [-0.4, -0.2) is 31.0 Å². The van der Waals surface area contributed by atoms with Crippen LogP contribution in [0.2, 0.25) is 0 Å². The van der Waals surface area contributed by atoms with Gasteiger partial charge in [0.25, 0.3) is 0 Å². The SMILES string of the molecule is OC(CF)CC1CCCNC1. The molecule has 0 saturated carbocycles. The van der Waals surface area contributed by atoms with Gasteiger partial charge in [0.15, 0.2) is 0 Å². The Kier molecular flexibility index (Phi) is 3.80. The van der Waals surface area contributed by atoms with Crippen molar-refractivity contribution in [3.8, 4) is 0 Å². The lowest BCUT2D eigenvalue weighted by molar-refractivity contribution is 0.106. The number of aliphatic hydroxyl groups is 1. The summed E-state index contributed by atoms with van der Waals surface area (Å²) in [4.78, 5) is 0. The van der Waals surface area contributed by atoms with Gasteiger partial charge in [-0.2, -0.15) is 0 Å². The summed E-state index contributed by atoms with van der Waals surface area (Å²) in [5, 5.41) is 12.2. The molecule has 1 saturated heterocycles. The van der Waals surface area contributed by atoms with Crippen LogP contribution in [0.5, 0.6) is 0 Å². The molecular formula is C8H16FNO. The molecule has 1 aliphatic rings. The number of alkyl halides is 1. The van der Waals surface area contributed by atoms with Crippen molar-refractivity contribution in [1.29, 1.82) is 0 Å². The highest BCUT2D eigenvalue weighted by Gasteiger charge is 2.16. The summed E-state index contributed by atoms with van der Waals surface area (Å²) in [6, 6.07) is 0. The largest absolute Gasteiger partial charge is 0.390 e. The van der Waals surface area contributed by atoms with Crippen molar-refractivity contribution in [3.63, 3.8) is 0 Å². The van der Waals surface area contributed by atoms with E-state index in [1.54, 1.807) is 0 Å². The van der Waals surface area contributed by atoms with E-state index in [0.29, 0.717) is 12.3 Å². The van der Waals surface area contributed by atoms with Gasteiger partial charge < -0.3 is 10.4 Å². The fourth-order valence-corrected chi connectivity index (χ4v) is 1.57. The fraction of sp³-hybridized carbons (Fsp3) is 1.00. The summed E-state index contributed by atoms with van der Waals surface area (Å²) in [7, 11) is 0. The zero-order chi connectivity index (χ0) is 8.10. The first-order valence-corrected chi connectivity index (χ1v) is 4.27. The molecule has 0 aliphatic carbocycles. The second kappa shape index (κ2) is 4.67. The van der Waals surface area contributed by atoms with Crippen molar-refractivity contribution in [3.05, 3.63) is 0 Å². The summed E-state index contributed by atoms with van der Waals surface area (Å²) in [6.07, 6.45) is 2.16. The van der Waals surface area contributed by atoms with E-state index in [4.69, 9.17) is 5.11 Å². The molecule has 0 spiro atoms. The molecule has 2 N–H and O–H groups in total. The van der Waals surface area contributed by atoms with Crippen LogP contribution >= 0.6 is 0 Å². The van der Waals surface area contributed by atoms with Crippen LogP contribution in [0.3, 0.4) is 0 Å². The van der Waals surface area contributed by atoms with Crippen LogP contribution in [0.1, 0.15) is 19.3 Å². The molecule has 3 heteroatoms. The molecule has 0 amide bonds. The molecular weight excluding hydrogens is 145 g/mol. The first-order chi connectivity index (χ1) is 5.33. The van der Waals surface area contributed by atoms with Gasteiger partial charge in [0.2, 0.25) is 0 Å². The van der Waals surface area contributed by atoms with E-state index in [1.165, 1.54) is 0 Å². The first-order valence-electron chi connectivity index (χ1n) is 4.27. The van der Waals surface area contributed by atoms with Gasteiger partial charge in [-0.15, -0.1) is 0 Å². The van der Waals surface area contributed by atoms with Crippen molar-refractivity contribution in [1.82, 2.24) is 5.32 Å². The average Bonchev–Trinajstić information content (AvgIpc) is 2.06. The van der Waals surface area contributed by atoms with Crippen LogP contribution in [-0.2, 0) is 0 Å². The van der Waals surface area contributed by atoms with Crippen LogP contribution < -0.4 is 5.32 Å². The Morgan fingerprint density at radius 1 is 1.64 bits per heavy atom. The molecule has 0 aromatic heterocycles. The molecule has 1 rings (SSSR count). The molecule has 0 aromatic rings. The molecule has 2 atom stereocenters. The topological polar surface area (TPSA) is 32.3 Å². The average molecular weight is 161 g/mol. The lowest BCUT2D eigenvalue weighted by Gasteiger charge is -2.23. The minimum atomic E-state index is -0.736. The first kappa shape index (κ1) is 8.94. The highest BCUT2D eigenvalue weighted by molar-refractivity contribution is 4.71. The van der Waals surface area contributed by atoms with E-state index in [9.17, 15) is 4.39 Å². The van der Waals surface area contributed by atoms with Crippen molar-refractivity contribution in [2.75, 3.05) is 19.8 Å². The van der Waals surface area contributed by atoms with E-state index in [0.717, 1.165) is 25.9 Å². The Morgan fingerprint density at radius 3 is 3.00 bits per heavy atom. The summed E-state index contributed by atoms with van der Waals surface area (Å²) < 4.78 is 11.9. The molecule has 0 radical (unpaired) electrons. The normalized spacial score (nSPS) is 28.4. The third-order valence-corrected chi connectivity index (χ3v) is 2.18. The maximum absolute atomic E-state index is 11.9. The fourth-order valence-electron chi connectivity index (χ4n) is 1.57. The van der Waals surface area contributed by atoms with E-state index in [-0.39, 0.29) is 0 Å². The lowest BCUT2D eigenvalue weighted by atomic mass is 9.94. The Labute approximate surface area is 66.8 Å².